The van der Waals surface area contributed by atoms with Crippen LogP contribution in [-0.2, 0) is 4.74 Å². The number of hydrogen-bond acceptors (Lipinski definition) is 3. The van der Waals surface area contributed by atoms with Crippen molar-refractivity contribution in [2.45, 2.75) is 19.3 Å². The number of hydrogen-bond donors (Lipinski definition) is 2. The smallest absolute Gasteiger partial charge is 0.138 e. The topological polar surface area (TPSA) is 9.23 Å². The molecule has 10 heavy (non-hydrogen) atoms. The molecule has 0 aliphatic rings. The van der Waals surface area contributed by atoms with Gasteiger partial charge in [0.05, 0.1) is 0 Å². The van der Waals surface area contributed by atoms with Gasteiger partial charge in [0.2, 0.25) is 0 Å². The van der Waals surface area contributed by atoms with E-state index in [1.807, 2.05) is 13.8 Å². The summed E-state index contributed by atoms with van der Waals surface area (Å²) >= 11 is 8.15. The molecule has 0 aromatic rings. The molecule has 0 N–H and O–H groups in total. The number of rotatable bonds is 3. The van der Waals surface area contributed by atoms with Crippen molar-refractivity contribution in [3.63, 3.8) is 0 Å². The summed E-state index contributed by atoms with van der Waals surface area (Å²) < 4.78 is 5.20. The molecule has 0 aromatic heterocycles. The lowest BCUT2D eigenvalue weighted by Crippen LogP contribution is -1.97. The van der Waals surface area contributed by atoms with E-state index in [1.54, 1.807) is 6.08 Å². The Labute approximate surface area is 73.0 Å². The largest absolute Gasteiger partial charge is 0.484 e. The third-order valence-corrected chi connectivity index (χ3v) is 1.50. The van der Waals surface area contributed by atoms with E-state index in [4.69, 9.17) is 4.74 Å². The first-order valence-corrected chi connectivity index (χ1v) is 3.91. The van der Waals surface area contributed by atoms with Crippen LogP contribution in [0.5, 0.6) is 0 Å². The van der Waals surface area contributed by atoms with E-state index >= 15 is 0 Å². The van der Waals surface area contributed by atoms with Crippen LogP contribution >= 0.6 is 25.3 Å². The predicted octanol–water partition coefficient (Wildman–Crippen LogP) is 2.63. The third kappa shape index (κ3) is 3.90. The highest BCUT2D eigenvalue weighted by Crippen LogP contribution is 2.13. The fourth-order valence-corrected chi connectivity index (χ4v) is 0.671. The van der Waals surface area contributed by atoms with Crippen LogP contribution in [0.1, 0.15) is 13.8 Å². The Kier molecular flexibility index (Phi) is 4.73. The first-order chi connectivity index (χ1) is 4.57. The zero-order valence-electron chi connectivity index (χ0n) is 6.16. The molecule has 0 aliphatic carbocycles. The summed E-state index contributed by atoms with van der Waals surface area (Å²) in [5.41, 5.74) is -0.0953. The highest BCUT2D eigenvalue weighted by molar-refractivity contribution is 7.84. The van der Waals surface area contributed by atoms with Crippen LogP contribution in [0.4, 0.5) is 0 Å². The number of ether oxygens (including phenoxy) is 1. The Morgan fingerprint density at radius 2 is 2.20 bits per heavy atom. The molecule has 0 rings (SSSR count). The second kappa shape index (κ2) is 4.74. The molecule has 1 nitrogen and oxygen atoms in total. The molecule has 1 atom stereocenters. The molecule has 0 aliphatic heterocycles. The Morgan fingerprint density at radius 1 is 1.70 bits per heavy atom. The molecule has 0 heterocycles. The molecular formula is C7H12OS2. The minimum atomic E-state index is -0.0953. The van der Waals surface area contributed by atoms with Gasteiger partial charge in [-0.05, 0) is 13.8 Å². The third-order valence-electron chi connectivity index (χ3n) is 0.901. The van der Waals surface area contributed by atoms with Crippen LogP contribution in [0.15, 0.2) is 23.3 Å². The van der Waals surface area contributed by atoms with E-state index in [0.717, 1.165) is 10.7 Å². The first kappa shape index (κ1) is 9.98. The van der Waals surface area contributed by atoms with Gasteiger partial charge in [0.1, 0.15) is 11.2 Å². The molecule has 0 fully saturated rings. The molecule has 0 aromatic carbocycles. The maximum Gasteiger partial charge on any atom is 0.138 e. The minimum absolute atomic E-state index is 0.0953. The fraction of sp³-hybridized carbons (Fsp3) is 0.429. The van der Waals surface area contributed by atoms with Crippen LogP contribution in [0.25, 0.3) is 0 Å². The van der Waals surface area contributed by atoms with Gasteiger partial charge in [0.25, 0.3) is 0 Å². The highest BCUT2D eigenvalue weighted by atomic mass is 32.1. The fourth-order valence-electron chi connectivity index (χ4n) is 0.460. The lowest BCUT2D eigenvalue weighted by Gasteiger charge is -2.09. The van der Waals surface area contributed by atoms with Crippen molar-refractivity contribution in [1.82, 2.24) is 0 Å². The van der Waals surface area contributed by atoms with Crippen LogP contribution in [0.2, 0.25) is 0 Å². The standard InChI is InChI=1S/C7H12OS2/c1-4-7(10)5(2)8-6(3)9/h4,6,9-10H,1H2,2-3H3/b7-5-. The Morgan fingerprint density at radius 3 is 2.50 bits per heavy atom. The Balaban J connectivity index is 4.04. The van der Waals surface area contributed by atoms with Crippen LogP contribution < -0.4 is 0 Å². The predicted molar refractivity (Wildman–Crippen MR) is 51.4 cm³/mol. The van der Waals surface area contributed by atoms with E-state index < -0.39 is 0 Å². The van der Waals surface area contributed by atoms with Crippen LogP contribution in [0, 0.1) is 0 Å². The molecule has 3 heteroatoms. The molecule has 0 saturated heterocycles. The van der Waals surface area contributed by atoms with Crippen molar-refractivity contribution in [3.8, 4) is 0 Å². The van der Waals surface area contributed by atoms with Crippen LogP contribution in [0.3, 0.4) is 0 Å². The van der Waals surface area contributed by atoms with Gasteiger partial charge in [-0.3, -0.25) is 0 Å². The summed E-state index contributed by atoms with van der Waals surface area (Å²) in [5, 5.41) is 0. The molecular weight excluding hydrogens is 164 g/mol. The van der Waals surface area contributed by atoms with Crippen molar-refractivity contribution >= 4 is 25.3 Å². The lowest BCUT2D eigenvalue weighted by molar-refractivity contribution is 0.204. The molecule has 0 amide bonds. The van der Waals surface area contributed by atoms with Gasteiger partial charge in [0, 0.05) is 4.91 Å². The quantitative estimate of drug-likeness (QED) is 0.291. The maximum atomic E-state index is 5.20. The Bertz CT molecular complexity index is 150. The van der Waals surface area contributed by atoms with Crippen molar-refractivity contribution in [2.24, 2.45) is 0 Å². The van der Waals surface area contributed by atoms with E-state index in [1.165, 1.54) is 0 Å². The van der Waals surface area contributed by atoms with Gasteiger partial charge in [0.15, 0.2) is 0 Å². The van der Waals surface area contributed by atoms with Crippen LogP contribution in [-0.4, -0.2) is 5.44 Å². The summed E-state index contributed by atoms with van der Waals surface area (Å²) in [6.45, 7) is 7.22. The zero-order chi connectivity index (χ0) is 8.15. The van der Waals surface area contributed by atoms with E-state index in [9.17, 15) is 0 Å². The van der Waals surface area contributed by atoms with Gasteiger partial charge in [-0.1, -0.05) is 12.7 Å². The van der Waals surface area contributed by atoms with Crippen molar-refractivity contribution in [3.05, 3.63) is 23.3 Å². The summed E-state index contributed by atoms with van der Waals surface area (Å²) in [4.78, 5) is 0.751. The average Bonchev–Trinajstić information content (AvgIpc) is 1.85. The minimum Gasteiger partial charge on any atom is -0.484 e. The van der Waals surface area contributed by atoms with E-state index in [2.05, 4.69) is 31.8 Å². The summed E-state index contributed by atoms with van der Waals surface area (Å²) in [5.74, 6) is 0.751. The summed E-state index contributed by atoms with van der Waals surface area (Å²) in [6, 6.07) is 0. The van der Waals surface area contributed by atoms with Crippen molar-refractivity contribution in [1.29, 1.82) is 0 Å². The van der Waals surface area contributed by atoms with Gasteiger partial charge in [-0.2, -0.15) is 0 Å². The molecule has 0 bridgehead atoms. The molecule has 0 spiro atoms. The van der Waals surface area contributed by atoms with Crippen molar-refractivity contribution in [2.75, 3.05) is 0 Å². The summed E-state index contributed by atoms with van der Waals surface area (Å²) in [6.07, 6.45) is 1.63. The van der Waals surface area contributed by atoms with Gasteiger partial charge in [-0.15, -0.1) is 25.3 Å². The maximum absolute atomic E-state index is 5.20. The van der Waals surface area contributed by atoms with Gasteiger partial charge in [-0.25, -0.2) is 0 Å². The lowest BCUT2D eigenvalue weighted by atomic mass is 10.4. The molecule has 0 saturated carbocycles. The van der Waals surface area contributed by atoms with Gasteiger partial charge < -0.3 is 4.74 Å². The first-order valence-electron chi connectivity index (χ1n) is 2.95. The zero-order valence-corrected chi connectivity index (χ0v) is 7.95. The number of thiol groups is 2. The highest BCUT2D eigenvalue weighted by Gasteiger charge is 1.97. The van der Waals surface area contributed by atoms with Crippen molar-refractivity contribution < 1.29 is 4.74 Å². The molecule has 58 valence electrons. The monoisotopic (exact) mass is 176 g/mol. The second-order valence-corrected chi connectivity index (χ2v) is 3.07. The van der Waals surface area contributed by atoms with Gasteiger partial charge >= 0.3 is 0 Å². The van der Waals surface area contributed by atoms with E-state index in [-0.39, 0.29) is 5.44 Å². The average molecular weight is 176 g/mol. The molecule has 1 unspecified atom stereocenters. The second-order valence-electron chi connectivity index (χ2n) is 1.86. The Hall–Kier alpha value is -0.0200. The SMILES string of the molecule is C=C/C(S)=C(\C)OC(C)S. The van der Waals surface area contributed by atoms with E-state index in [0.29, 0.717) is 0 Å². The normalized spacial score (nSPS) is 15.6. The molecule has 0 radical (unpaired) electrons. The number of allylic oxidation sites excluding steroid dienone is 2. The summed E-state index contributed by atoms with van der Waals surface area (Å²) in [7, 11) is 0.